The quantitative estimate of drug-likeness (QED) is 0.861. The fraction of sp³-hybridized carbons (Fsp3) is 0.286. The van der Waals surface area contributed by atoms with E-state index in [1.54, 1.807) is 6.07 Å². The second-order valence-corrected chi connectivity index (χ2v) is 5.69. The third kappa shape index (κ3) is 3.08. The molecule has 1 aromatic heterocycles. The number of nitrogens with zero attached hydrogens (tertiary/aromatic N) is 3. The summed E-state index contributed by atoms with van der Waals surface area (Å²) < 4.78 is 6.92. The van der Waals surface area contributed by atoms with E-state index >= 15 is 0 Å². The SMILES string of the molecule is Nc1cc(N2CCOC(c3ccccc3Br)C2)nc(N)n1. The topological polar surface area (TPSA) is 90.3 Å². The predicted octanol–water partition coefficient (Wildman–Crippen LogP) is 1.98. The molecule has 1 atom stereocenters. The molecule has 0 spiro atoms. The Morgan fingerprint density at radius 1 is 1.24 bits per heavy atom. The van der Waals surface area contributed by atoms with Crippen LogP contribution in [0.3, 0.4) is 0 Å². The van der Waals surface area contributed by atoms with Gasteiger partial charge in [-0.05, 0) is 11.6 Å². The Hall–Kier alpha value is -1.86. The molecule has 0 saturated carbocycles. The number of anilines is 3. The first-order valence-electron chi connectivity index (χ1n) is 6.64. The van der Waals surface area contributed by atoms with Gasteiger partial charge in [-0.15, -0.1) is 0 Å². The summed E-state index contributed by atoms with van der Waals surface area (Å²) in [6.07, 6.45) is -0.0215. The number of rotatable bonds is 2. The van der Waals surface area contributed by atoms with Crippen LogP contribution in [-0.2, 0) is 4.74 Å². The maximum atomic E-state index is 5.88. The van der Waals surface area contributed by atoms with Crippen LogP contribution in [0, 0.1) is 0 Å². The van der Waals surface area contributed by atoms with E-state index in [1.165, 1.54) is 0 Å². The number of hydrogen-bond donors (Lipinski definition) is 2. The van der Waals surface area contributed by atoms with Crippen LogP contribution in [0.2, 0.25) is 0 Å². The first-order valence-corrected chi connectivity index (χ1v) is 7.44. The van der Waals surface area contributed by atoms with Gasteiger partial charge < -0.3 is 21.1 Å². The van der Waals surface area contributed by atoms with Crippen molar-refractivity contribution in [1.29, 1.82) is 0 Å². The molecular weight excluding hydrogens is 334 g/mol. The Balaban J connectivity index is 1.84. The average Bonchev–Trinajstić information content (AvgIpc) is 2.47. The molecule has 4 N–H and O–H groups in total. The maximum absolute atomic E-state index is 5.88. The number of aromatic nitrogens is 2. The van der Waals surface area contributed by atoms with Crippen molar-refractivity contribution in [2.45, 2.75) is 6.10 Å². The van der Waals surface area contributed by atoms with Crippen LogP contribution in [0.1, 0.15) is 11.7 Å². The molecule has 2 heterocycles. The second-order valence-electron chi connectivity index (χ2n) is 4.84. The normalized spacial score (nSPS) is 18.7. The van der Waals surface area contributed by atoms with Crippen LogP contribution in [0.25, 0.3) is 0 Å². The molecule has 21 heavy (non-hydrogen) atoms. The highest BCUT2D eigenvalue weighted by molar-refractivity contribution is 9.10. The lowest BCUT2D eigenvalue weighted by atomic mass is 10.1. The molecule has 0 bridgehead atoms. The van der Waals surface area contributed by atoms with Gasteiger partial charge in [-0.3, -0.25) is 0 Å². The van der Waals surface area contributed by atoms with E-state index in [1.807, 2.05) is 18.2 Å². The molecule has 1 aromatic carbocycles. The lowest BCUT2D eigenvalue weighted by Gasteiger charge is -2.34. The number of morpholine rings is 1. The maximum Gasteiger partial charge on any atom is 0.223 e. The van der Waals surface area contributed by atoms with Crippen LogP contribution in [-0.4, -0.2) is 29.7 Å². The molecule has 1 aliphatic heterocycles. The van der Waals surface area contributed by atoms with E-state index in [4.69, 9.17) is 16.2 Å². The Kier molecular flexibility index (Phi) is 3.94. The van der Waals surface area contributed by atoms with Gasteiger partial charge in [0.1, 0.15) is 17.7 Å². The zero-order chi connectivity index (χ0) is 14.8. The molecule has 0 aliphatic carbocycles. The highest BCUT2D eigenvalue weighted by atomic mass is 79.9. The smallest absolute Gasteiger partial charge is 0.223 e. The van der Waals surface area contributed by atoms with Crippen LogP contribution in [0.4, 0.5) is 17.6 Å². The van der Waals surface area contributed by atoms with E-state index in [0.29, 0.717) is 19.0 Å². The number of nitrogen functional groups attached to an aromatic ring is 2. The van der Waals surface area contributed by atoms with Crippen molar-refractivity contribution in [1.82, 2.24) is 9.97 Å². The lowest BCUT2D eigenvalue weighted by Crippen LogP contribution is -2.39. The highest BCUT2D eigenvalue weighted by Gasteiger charge is 2.24. The van der Waals surface area contributed by atoms with Crippen LogP contribution >= 0.6 is 15.9 Å². The average molecular weight is 350 g/mol. The fourth-order valence-corrected chi connectivity index (χ4v) is 2.96. The van der Waals surface area contributed by atoms with Gasteiger partial charge in [0.15, 0.2) is 0 Å². The Morgan fingerprint density at radius 3 is 2.81 bits per heavy atom. The van der Waals surface area contributed by atoms with Crippen molar-refractivity contribution in [2.75, 3.05) is 36.1 Å². The highest BCUT2D eigenvalue weighted by Crippen LogP contribution is 2.30. The summed E-state index contributed by atoms with van der Waals surface area (Å²) in [6.45, 7) is 2.06. The predicted molar refractivity (Wildman–Crippen MR) is 85.9 cm³/mol. The lowest BCUT2D eigenvalue weighted by molar-refractivity contribution is 0.0391. The summed E-state index contributed by atoms with van der Waals surface area (Å²) in [5, 5.41) is 0. The molecule has 0 radical (unpaired) electrons. The van der Waals surface area contributed by atoms with Gasteiger partial charge in [0.05, 0.1) is 6.61 Å². The molecule has 1 fully saturated rings. The first kappa shape index (κ1) is 14.1. The first-order chi connectivity index (χ1) is 10.1. The monoisotopic (exact) mass is 349 g/mol. The summed E-state index contributed by atoms with van der Waals surface area (Å²) in [5.74, 6) is 1.30. The van der Waals surface area contributed by atoms with E-state index in [0.717, 1.165) is 22.4 Å². The number of nitrogens with two attached hydrogens (primary N) is 2. The van der Waals surface area contributed by atoms with Crippen molar-refractivity contribution in [3.05, 3.63) is 40.4 Å². The summed E-state index contributed by atoms with van der Waals surface area (Å²) in [4.78, 5) is 10.3. The molecule has 3 rings (SSSR count). The number of halogens is 1. The zero-order valence-corrected chi connectivity index (χ0v) is 13.0. The molecule has 6 nitrogen and oxygen atoms in total. The van der Waals surface area contributed by atoms with Crippen molar-refractivity contribution < 1.29 is 4.74 Å². The fourth-order valence-electron chi connectivity index (χ4n) is 2.42. The summed E-state index contributed by atoms with van der Waals surface area (Å²) >= 11 is 3.57. The van der Waals surface area contributed by atoms with E-state index in [2.05, 4.69) is 36.9 Å². The van der Waals surface area contributed by atoms with E-state index in [9.17, 15) is 0 Å². The van der Waals surface area contributed by atoms with Crippen LogP contribution in [0.5, 0.6) is 0 Å². The minimum atomic E-state index is -0.0215. The molecule has 0 amide bonds. The second kappa shape index (κ2) is 5.87. The number of benzene rings is 1. The molecule has 2 aromatic rings. The van der Waals surface area contributed by atoms with Gasteiger partial charge in [-0.2, -0.15) is 9.97 Å². The van der Waals surface area contributed by atoms with Crippen molar-refractivity contribution >= 4 is 33.5 Å². The minimum absolute atomic E-state index is 0.0215. The van der Waals surface area contributed by atoms with Crippen LogP contribution < -0.4 is 16.4 Å². The standard InChI is InChI=1S/C14H16BrN5O/c15-10-4-2-1-3-9(10)11-8-20(5-6-21-11)13-7-12(16)18-14(17)19-13/h1-4,7,11H,5-6,8H2,(H4,16,17,18,19). The Morgan fingerprint density at radius 2 is 2.05 bits per heavy atom. The number of hydrogen-bond acceptors (Lipinski definition) is 6. The summed E-state index contributed by atoms with van der Waals surface area (Å²) in [7, 11) is 0. The number of ether oxygens (including phenoxy) is 1. The zero-order valence-electron chi connectivity index (χ0n) is 11.4. The molecule has 1 unspecified atom stereocenters. The van der Waals surface area contributed by atoms with Crippen molar-refractivity contribution in [3.63, 3.8) is 0 Å². The Labute approximate surface area is 131 Å². The molecule has 110 valence electrons. The van der Waals surface area contributed by atoms with Crippen molar-refractivity contribution in [2.24, 2.45) is 0 Å². The summed E-state index contributed by atoms with van der Waals surface area (Å²) in [6, 6.07) is 9.79. The minimum Gasteiger partial charge on any atom is -0.383 e. The van der Waals surface area contributed by atoms with Gasteiger partial charge in [0, 0.05) is 23.6 Å². The molecule has 1 saturated heterocycles. The van der Waals surface area contributed by atoms with Gasteiger partial charge in [-0.1, -0.05) is 34.1 Å². The van der Waals surface area contributed by atoms with Gasteiger partial charge in [-0.25, -0.2) is 0 Å². The van der Waals surface area contributed by atoms with E-state index < -0.39 is 0 Å². The van der Waals surface area contributed by atoms with Crippen molar-refractivity contribution in [3.8, 4) is 0 Å². The van der Waals surface area contributed by atoms with E-state index in [-0.39, 0.29) is 12.1 Å². The van der Waals surface area contributed by atoms with Gasteiger partial charge in [0.2, 0.25) is 5.95 Å². The largest absolute Gasteiger partial charge is 0.383 e. The summed E-state index contributed by atoms with van der Waals surface area (Å²) in [5.41, 5.74) is 12.5. The Bertz CT molecular complexity index is 631. The third-order valence-corrected chi connectivity index (χ3v) is 4.11. The van der Waals surface area contributed by atoms with Gasteiger partial charge in [0.25, 0.3) is 0 Å². The molecule has 1 aliphatic rings. The van der Waals surface area contributed by atoms with Gasteiger partial charge >= 0.3 is 0 Å². The third-order valence-electron chi connectivity index (χ3n) is 3.39. The molecular formula is C14H16BrN5O. The molecule has 7 heteroatoms. The van der Waals surface area contributed by atoms with Crippen LogP contribution in [0.15, 0.2) is 34.8 Å².